The van der Waals surface area contributed by atoms with Crippen LogP contribution in [0.1, 0.15) is 13.3 Å². The van der Waals surface area contributed by atoms with Crippen molar-refractivity contribution in [2.45, 2.75) is 24.3 Å². The number of sulfonamides is 1. The number of ether oxygens (including phenoxy) is 1. The third kappa shape index (κ3) is 2.82. The van der Waals surface area contributed by atoms with Crippen molar-refractivity contribution in [3.63, 3.8) is 0 Å². The molecule has 0 aromatic heterocycles. The first-order valence-electron chi connectivity index (χ1n) is 5.97. The van der Waals surface area contributed by atoms with Crippen LogP contribution < -0.4 is 5.73 Å². The second kappa shape index (κ2) is 5.26. The van der Waals surface area contributed by atoms with Crippen molar-refractivity contribution < 1.29 is 13.2 Å². The van der Waals surface area contributed by atoms with E-state index >= 15 is 0 Å². The summed E-state index contributed by atoms with van der Waals surface area (Å²) >= 11 is 0. The highest BCUT2D eigenvalue weighted by Gasteiger charge is 2.27. The minimum atomic E-state index is -3.47. The van der Waals surface area contributed by atoms with Crippen LogP contribution in [-0.4, -0.2) is 38.5 Å². The van der Waals surface area contributed by atoms with E-state index in [1.54, 1.807) is 18.2 Å². The average Bonchev–Trinajstić information content (AvgIpc) is 2.54. The maximum absolute atomic E-state index is 12.5. The summed E-state index contributed by atoms with van der Waals surface area (Å²) in [6.45, 7) is 3.36. The molecule has 6 heteroatoms. The molecule has 1 aromatic carbocycles. The van der Waals surface area contributed by atoms with Crippen LogP contribution in [-0.2, 0) is 14.8 Å². The largest absolute Gasteiger partial charge is 0.399 e. The molecular weight excluding hydrogens is 252 g/mol. The zero-order chi connectivity index (χ0) is 13.2. The third-order valence-corrected chi connectivity index (χ3v) is 4.77. The zero-order valence-corrected chi connectivity index (χ0v) is 11.2. The second-order valence-electron chi connectivity index (χ2n) is 4.47. The molecule has 2 rings (SSSR count). The minimum absolute atomic E-state index is 0.0802. The molecule has 1 aromatic rings. The monoisotopic (exact) mass is 270 g/mol. The highest BCUT2D eigenvalue weighted by atomic mass is 32.2. The van der Waals surface area contributed by atoms with Crippen molar-refractivity contribution in [3.05, 3.63) is 24.3 Å². The second-order valence-corrected chi connectivity index (χ2v) is 6.41. The Hall–Kier alpha value is -1.11. The van der Waals surface area contributed by atoms with E-state index in [2.05, 4.69) is 0 Å². The topological polar surface area (TPSA) is 72.6 Å². The molecule has 0 saturated carbocycles. The van der Waals surface area contributed by atoms with Gasteiger partial charge in [-0.2, -0.15) is 4.31 Å². The van der Waals surface area contributed by atoms with Crippen LogP contribution in [0.5, 0.6) is 0 Å². The molecule has 1 atom stereocenters. The standard InChI is InChI=1S/C12H18N2O3S/c1-10-9-14(6-3-7-17-10)18(15,16)12-5-2-4-11(13)8-12/h2,4-5,8,10H,3,6-7,9,13H2,1H3. The lowest BCUT2D eigenvalue weighted by Crippen LogP contribution is -2.35. The molecule has 1 unspecified atom stereocenters. The Kier molecular flexibility index (Phi) is 3.89. The molecule has 0 radical (unpaired) electrons. The van der Waals surface area contributed by atoms with E-state index < -0.39 is 10.0 Å². The van der Waals surface area contributed by atoms with Crippen molar-refractivity contribution in [2.75, 3.05) is 25.4 Å². The van der Waals surface area contributed by atoms with Gasteiger partial charge in [-0.1, -0.05) is 6.07 Å². The fourth-order valence-corrected chi connectivity index (χ4v) is 3.61. The first kappa shape index (κ1) is 13.3. The molecule has 1 saturated heterocycles. The van der Waals surface area contributed by atoms with E-state index in [0.717, 1.165) is 0 Å². The van der Waals surface area contributed by atoms with E-state index in [9.17, 15) is 8.42 Å². The lowest BCUT2D eigenvalue weighted by atomic mass is 10.3. The van der Waals surface area contributed by atoms with Crippen molar-refractivity contribution in [2.24, 2.45) is 0 Å². The minimum Gasteiger partial charge on any atom is -0.399 e. The molecule has 18 heavy (non-hydrogen) atoms. The average molecular weight is 270 g/mol. The van der Waals surface area contributed by atoms with Crippen molar-refractivity contribution in [3.8, 4) is 0 Å². The van der Waals surface area contributed by atoms with E-state index in [1.165, 1.54) is 10.4 Å². The van der Waals surface area contributed by atoms with Crippen LogP contribution in [0.2, 0.25) is 0 Å². The van der Waals surface area contributed by atoms with Gasteiger partial charge in [-0.3, -0.25) is 0 Å². The molecule has 0 amide bonds. The van der Waals surface area contributed by atoms with Crippen molar-refractivity contribution in [1.82, 2.24) is 4.31 Å². The number of rotatable bonds is 2. The van der Waals surface area contributed by atoms with Gasteiger partial charge in [0.15, 0.2) is 0 Å². The SMILES string of the molecule is CC1CN(S(=O)(=O)c2cccc(N)c2)CCCO1. The Balaban J connectivity index is 2.30. The summed E-state index contributed by atoms with van der Waals surface area (Å²) in [5.41, 5.74) is 6.09. The molecule has 1 fully saturated rings. The van der Waals surface area contributed by atoms with Crippen LogP contribution in [0.3, 0.4) is 0 Å². The summed E-state index contributed by atoms with van der Waals surface area (Å²) in [4.78, 5) is 0.247. The lowest BCUT2D eigenvalue weighted by Gasteiger charge is -2.21. The van der Waals surface area contributed by atoms with E-state index in [0.29, 0.717) is 31.8 Å². The lowest BCUT2D eigenvalue weighted by molar-refractivity contribution is 0.0752. The van der Waals surface area contributed by atoms with Gasteiger partial charge in [-0.25, -0.2) is 8.42 Å². The van der Waals surface area contributed by atoms with Crippen molar-refractivity contribution >= 4 is 15.7 Å². The van der Waals surface area contributed by atoms with Gasteiger partial charge in [0.05, 0.1) is 11.0 Å². The molecule has 0 bridgehead atoms. The van der Waals surface area contributed by atoms with E-state index in [1.807, 2.05) is 6.92 Å². The number of anilines is 1. The molecule has 1 heterocycles. The van der Waals surface area contributed by atoms with Crippen LogP contribution in [0.4, 0.5) is 5.69 Å². The number of hydrogen-bond acceptors (Lipinski definition) is 4. The number of nitrogens with zero attached hydrogens (tertiary/aromatic N) is 1. The van der Waals surface area contributed by atoms with Crippen molar-refractivity contribution in [1.29, 1.82) is 0 Å². The van der Waals surface area contributed by atoms with Gasteiger partial charge < -0.3 is 10.5 Å². The molecule has 2 N–H and O–H groups in total. The summed E-state index contributed by atoms with van der Waals surface area (Å²) < 4.78 is 31.8. The van der Waals surface area contributed by atoms with Gasteiger partial charge in [-0.05, 0) is 31.5 Å². The molecule has 0 aliphatic carbocycles. The first-order valence-corrected chi connectivity index (χ1v) is 7.41. The molecule has 1 aliphatic heterocycles. The summed E-state index contributed by atoms with van der Waals surface area (Å²) in [6, 6.07) is 6.39. The molecule has 1 aliphatic rings. The van der Waals surface area contributed by atoms with E-state index in [4.69, 9.17) is 10.5 Å². The maximum Gasteiger partial charge on any atom is 0.243 e. The normalized spacial score (nSPS) is 22.6. The number of nitrogens with two attached hydrogens (primary N) is 1. The van der Waals surface area contributed by atoms with Gasteiger partial charge in [0.25, 0.3) is 0 Å². The third-order valence-electron chi connectivity index (χ3n) is 2.91. The fourth-order valence-electron chi connectivity index (χ4n) is 2.00. The number of hydrogen-bond donors (Lipinski definition) is 1. The quantitative estimate of drug-likeness (QED) is 0.816. The van der Waals surface area contributed by atoms with E-state index in [-0.39, 0.29) is 11.0 Å². The summed E-state index contributed by atoms with van der Waals surface area (Å²) in [6.07, 6.45) is 0.634. The van der Waals surface area contributed by atoms with Gasteiger partial charge in [0.1, 0.15) is 0 Å². The Morgan fingerprint density at radius 2 is 2.22 bits per heavy atom. The smallest absolute Gasteiger partial charge is 0.243 e. The Bertz CT molecular complexity index is 516. The van der Waals surface area contributed by atoms with Crippen LogP contribution in [0.25, 0.3) is 0 Å². The number of nitrogen functional groups attached to an aromatic ring is 1. The Morgan fingerprint density at radius 3 is 2.94 bits per heavy atom. The van der Waals surface area contributed by atoms with Gasteiger partial charge >= 0.3 is 0 Å². The molecular formula is C12H18N2O3S. The van der Waals surface area contributed by atoms with Gasteiger partial charge in [0.2, 0.25) is 10.0 Å². The van der Waals surface area contributed by atoms with Crippen LogP contribution >= 0.6 is 0 Å². The zero-order valence-electron chi connectivity index (χ0n) is 10.4. The van der Waals surface area contributed by atoms with Gasteiger partial charge in [0, 0.05) is 25.4 Å². The molecule has 0 spiro atoms. The highest BCUT2D eigenvalue weighted by Crippen LogP contribution is 2.20. The summed E-state index contributed by atoms with van der Waals surface area (Å²) in [5, 5.41) is 0. The highest BCUT2D eigenvalue weighted by molar-refractivity contribution is 7.89. The predicted molar refractivity (Wildman–Crippen MR) is 69.6 cm³/mol. The predicted octanol–water partition coefficient (Wildman–Crippen LogP) is 1.07. The fraction of sp³-hybridized carbons (Fsp3) is 0.500. The Labute approximate surface area is 108 Å². The van der Waals surface area contributed by atoms with Crippen LogP contribution in [0, 0.1) is 0 Å². The summed E-state index contributed by atoms with van der Waals surface area (Å²) in [7, 11) is -3.47. The van der Waals surface area contributed by atoms with Gasteiger partial charge in [-0.15, -0.1) is 0 Å². The maximum atomic E-state index is 12.5. The molecule has 5 nitrogen and oxygen atoms in total. The first-order chi connectivity index (χ1) is 8.50. The number of benzene rings is 1. The summed E-state index contributed by atoms with van der Waals surface area (Å²) in [5.74, 6) is 0. The van der Waals surface area contributed by atoms with Crippen LogP contribution in [0.15, 0.2) is 29.2 Å². The molecule has 100 valence electrons. The Morgan fingerprint density at radius 1 is 1.44 bits per heavy atom.